The lowest BCUT2D eigenvalue weighted by Gasteiger charge is -2.18. The van der Waals surface area contributed by atoms with Gasteiger partial charge >= 0.3 is 17.9 Å². The highest BCUT2D eigenvalue weighted by Gasteiger charge is 2.19. The van der Waals surface area contributed by atoms with Crippen LogP contribution in [0.3, 0.4) is 0 Å². The van der Waals surface area contributed by atoms with Gasteiger partial charge in [0.2, 0.25) is 0 Å². The van der Waals surface area contributed by atoms with E-state index in [9.17, 15) is 14.4 Å². The van der Waals surface area contributed by atoms with E-state index in [1.807, 2.05) is 72.9 Å². The van der Waals surface area contributed by atoms with Crippen molar-refractivity contribution in [3.8, 4) is 0 Å². The Morgan fingerprint density at radius 1 is 0.367 bits per heavy atom. The zero-order chi connectivity index (χ0) is 43.7. The molecule has 0 fully saturated rings. The Morgan fingerprint density at radius 3 is 1.23 bits per heavy atom. The second kappa shape index (κ2) is 47.5. The Morgan fingerprint density at radius 2 is 0.733 bits per heavy atom. The fourth-order valence-corrected chi connectivity index (χ4v) is 5.91. The molecule has 1 atom stereocenters. The van der Waals surface area contributed by atoms with Crippen molar-refractivity contribution < 1.29 is 28.6 Å². The summed E-state index contributed by atoms with van der Waals surface area (Å²) in [5, 5.41) is 0. The number of esters is 3. The molecule has 0 amide bonds. The summed E-state index contributed by atoms with van der Waals surface area (Å²) in [7, 11) is 0. The minimum Gasteiger partial charge on any atom is -0.462 e. The van der Waals surface area contributed by atoms with Crippen LogP contribution in [0.15, 0.2) is 122 Å². The van der Waals surface area contributed by atoms with Crippen molar-refractivity contribution in [2.24, 2.45) is 0 Å². The summed E-state index contributed by atoms with van der Waals surface area (Å²) >= 11 is 0. The van der Waals surface area contributed by atoms with Gasteiger partial charge in [-0.2, -0.15) is 0 Å². The van der Waals surface area contributed by atoms with Crippen LogP contribution in [0.2, 0.25) is 0 Å². The Bertz CT molecular complexity index is 1320. The van der Waals surface area contributed by atoms with Crippen LogP contribution in [0, 0.1) is 0 Å². The van der Waals surface area contributed by atoms with Crippen molar-refractivity contribution in [3.05, 3.63) is 122 Å². The molecule has 0 heterocycles. The van der Waals surface area contributed by atoms with Crippen LogP contribution in [0.4, 0.5) is 0 Å². The molecule has 0 aromatic heterocycles. The predicted molar refractivity (Wildman–Crippen MR) is 256 cm³/mol. The van der Waals surface area contributed by atoms with Gasteiger partial charge in [0.05, 0.1) is 0 Å². The third-order valence-corrected chi connectivity index (χ3v) is 9.41. The van der Waals surface area contributed by atoms with Crippen LogP contribution < -0.4 is 0 Å². The summed E-state index contributed by atoms with van der Waals surface area (Å²) in [4.78, 5) is 37.8. The van der Waals surface area contributed by atoms with Crippen molar-refractivity contribution in [3.63, 3.8) is 0 Å². The maximum atomic E-state index is 12.7. The van der Waals surface area contributed by atoms with E-state index in [1.165, 1.54) is 38.5 Å². The first kappa shape index (κ1) is 55.8. The number of hydrogen-bond acceptors (Lipinski definition) is 6. The minimum atomic E-state index is -0.809. The summed E-state index contributed by atoms with van der Waals surface area (Å²) in [5.41, 5.74) is 0. The lowest BCUT2D eigenvalue weighted by Crippen LogP contribution is -2.30. The summed E-state index contributed by atoms with van der Waals surface area (Å²) in [5.74, 6) is -0.989. The van der Waals surface area contributed by atoms with Gasteiger partial charge in [-0.25, -0.2) is 0 Å². The number of carbonyl (C=O) groups excluding carboxylic acids is 3. The Labute approximate surface area is 367 Å². The fourth-order valence-electron chi connectivity index (χ4n) is 5.91. The average Bonchev–Trinajstić information content (AvgIpc) is 3.24. The first-order valence-electron chi connectivity index (χ1n) is 23.6. The molecule has 0 aliphatic heterocycles. The van der Waals surface area contributed by atoms with Gasteiger partial charge in [0, 0.05) is 19.3 Å². The second-order valence-electron chi connectivity index (χ2n) is 15.1. The normalized spacial score (nSPS) is 13.2. The van der Waals surface area contributed by atoms with Crippen LogP contribution in [-0.2, 0) is 28.6 Å². The molecule has 1 unspecified atom stereocenters. The van der Waals surface area contributed by atoms with E-state index >= 15 is 0 Å². The highest BCUT2D eigenvalue weighted by molar-refractivity contribution is 5.71. The van der Waals surface area contributed by atoms with Gasteiger partial charge in [-0.3, -0.25) is 14.4 Å². The van der Waals surface area contributed by atoms with Gasteiger partial charge in [-0.05, 0) is 70.6 Å². The maximum absolute atomic E-state index is 12.7. The van der Waals surface area contributed by atoms with Gasteiger partial charge < -0.3 is 14.2 Å². The van der Waals surface area contributed by atoms with Gasteiger partial charge in [0.15, 0.2) is 6.10 Å². The monoisotopic (exact) mass is 829 g/mol. The first-order chi connectivity index (χ1) is 29.5. The Kier molecular flexibility index (Phi) is 44.2. The van der Waals surface area contributed by atoms with Crippen LogP contribution in [0.5, 0.6) is 0 Å². The molecule has 0 N–H and O–H groups in total. The number of hydrogen-bond donors (Lipinski definition) is 0. The van der Waals surface area contributed by atoms with Gasteiger partial charge in [-0.1, -0.05) is 213 Å². The average molecular weight is 829 g/mol. The molecule has 0 radical (unpaired) electrons. The third-order valence-electron chi connectivity index (χ3n) is 9.41. The van der Waals surface area contributed by atoms with Crippen molar-refractivity contribution in [2.75, 3.05) is 13.2 Å². The maximum Gasteiger partial charge on any atom is 0.306 e. The summed E-state index contributed by atoms with van der Waals surface area (Å²) in [6.45, 7) is 6.27. The molecular formula is C54H84O6. The molecule has 0 aliphatic rings. The van der Waals surface area contributed by atoms with Crippen LogP contribution >= 0.6 is 0 Å². The number of rotatable bonds is 40. The molecule has 60 heavy (non-hydrogen) atoms. The van der Waals surface area contributed by atoms with E-state index in [0.29, 0.717) is 12.8 Å². The molecule has 0 spiro atoms. The number of carbonyl (C=O) groups is 3. The molecule has 0 bridgehead atoms. The van der Waals surface area contributed by atoms with E-state index in [4.69, 9.17) is 14.2 Å². The molecule has 0 aromatic carbocycles. The second-order valence-corrected chi connectivity index (χ2v) is 15.1. The van der Waals surface area contributed by atoms with Crippen molar-refractivity contribution in [1.82, 2.24) is 0 Å². The summed E-state index contributed by atoms with van der Waals surface area (Å²) in [6, 6.07) is 0. The smallest absolute Gasteiger partial charge is 0.306 e. The number of unbranched alkanes of at least 4 members (excludes halogenated alkanes) is 15. The molecule has 0 saturated carbocycles. The molecule has 336 valence electrons. The fraction of sp³-hybridized carbons (Fsp3) is 0.574. The highest BCUT2D eigenvalue weighted by atomic mass is 16.6. The largest absolute Gasteiger partial charge is 0.462 e. The molecule has 0 rings (SSSR count). The van der Waals surface area contributed by atoms with Crippen LogP contribution in [0.25, 0.3) is 0 Å². The SMILES string of the molecule is CC\C=C/C=C\C=C/C=C\C=C\C=C/C=C\CCCCCC(=O)OCC(COC(=O)CCCCCCCCCCC)OC(=O)CCCCCC/C=C\C/C=C\C/C=C\CC. The Balaban J connectivity index is 4.52. The van der Waals surface area contributed by atoms with Crippen LogP contribution in [-0.4, -0.2) is 37.2 Å². The highest BCUT2D eigenvalue weighted by Crippen LogP contribution is 2.13. The molecular weight excluding hydrogens is 745 g/mol. The molecule has 0 aliphatic carbocycles. The minimum absolute atomic E-state index is 0.105. The molecule has 6 heteroatoms. The summed E-state index contributed by atoms with van der Waals surface area (Å²) in [6.07, 6.45) is 64.6. The predicted octanol–water partition coefficient (Wildman–Crippen LogP) is 15.4. The van der Waals surface area contributed by atoms with E-state index < -0.39 is 6.10 Å². The zero-order valence-electron chi connectivity index (χ0n) is 38.2. The van der Waals surface area contributed by atoms with Crippen molar-refractivity contribution in [2.45, 2.75) is 187 Å². The lowest BCUT2D eigenvalue weighted by molar-refractivity contribution is -0.167. The Hall–Kier alpha value is -4.19. The molecule has 0 saturated heterocycles. The standard InChI is InChI=1S/C54H84O6/c1-4-7-10-13-16-19-21-23-25-26-27-28-29-31-32-35-38-41-44-47-53(56)59-50-51(49-58-52(55)46-43-40-37-34-18-15-12-9-6-3)60-54(57)48-45-42-39-36-33-30-24-22-20-17-14-11-8-5-2/h7-8,10-11,13,16-17,19-21,23-32,51H,4-6,9,12,14-15,18,22,33-50H2,1-3H3/b10-7-,11-8-,16-13-,20-17-,21-19-,25-23-,27-26+,29-28-,30-24-,32-31-. The van der Waals surface area contributed by atoms with E-state index in [2.05, 4.69) is 69.4 Å². The van der Waals surface area contributed by atoms with E-state index in [0.717, 1.165) is 103 Å². The van der Waals surface area contributed by atoms with Crippen LogP contribution in [0.1, 0.15) is 181 Å². The van der Waals surface area contributed by atoms with E-state index in [-0.39, 0.29) is 37.5 Å². The van der Waals surface area contributed by atoms with E-state index in [1.54, 1.807) is 0 Å². The molecule has 0 aromatic rings. The lowest BCUT2D eigenvalue weighted by atomic mass is 10.1. The third kappa shape index (κ3) is 44.9. The molecule has 6 nitrogen and oxygen atoms in total. The summed E-state index contributed by atoms with van der Waals surface area (Å²) < 4.78 is 16.7. The number of ether oxygens (including phenoxy) is 3. The number of allylic oxidation sites excluding steroid dienone is 20. The zero-order valence-corrected chi connectivity index (χ0v) is 38.2. The van der Waals surface area contributed by atoms with Crippen molar-refractivity contribution >= 4 is 17.9 Å². The topological polar surface area (TPSA) is 78.9 Å². The first-order valence-corrected chi connectivity index (χ1v) is 23.6. The van der Waals surface area contributed by atoms with Gasteiger partial charge in [-0.15, -0.1) is 0 Å². The van der Waals surface area contributed by atoms with Gasteiger partial charge in [0.25, 0.3) is 0 Å². The van der Waals surface area contributed by atoms with Gasteiger partial charge in [0.1, 0.15) is 13.2 Å². The van der Waals surface area contributed by atoms with Crippen molar-refractivity contribution in [1.29, 1.82) is 0 Å². The quantitative estimate of drug-likeness (QED) is 0.0201.